The molecule has 9 nitrogen and oxygen atoms in total. The number of likely N-dealkylation sites (N-methyl/N-ethyl adjacent to an activating group) is 1. The van der Waals surface area contributed by atoms with Crippen molar-refractivity contribution in [2.75, 3.05) is 50.4 Å². The Hall–Kier alpha value is -3.41. The molecule has 12 heteroatoms. The van der Waals surface area contributed by atoms with Crippen LogP contribution in [0.5, 0.6) is 0 Å². The number of alkyl halides is 3. The highest BCUT2D eigenvalue weighted by atomic mass is 19.4. The van der Waals surface area contributed by atoms with Gasteiger partial charge in [-0.25, -0.2) is 4.98 Å². The van der Waals surface area contributed by atoms with Crippen molar-refractivity contribution in [3.8, 4) is 0 Å². The Morgan fingerprint density at radius 3 is 2.25 bits per heavy atom. The van der Waals surface area contributed by atoms with Gasteiger partial charge >= 0.3 is 6.18 Å². The van der Waals surface area contributed by atoms with Gasteiger partial charge in [0, 0.05) is 63.1 Å². The van der Waals surface area contributed by atoms with Crippen molar-refractivity contribution in [3.63, 3.8) is 0 Å². The Labute approximate surface area is 233 Å². The maximum atomic E-state index is 13.6. The molecule has 220 valence electrons. The maximum Gasteiger partial charge on any atom is 0.421 e. The molecule has 1 aliphatic heterocycles. The third-order valence-corrected chi connectivity index (χ3v) is 7.13. The number of nitrogens with zero attached hydrogens (tertiary/aromatic N) is 4. The highest BCUT2D eigenvalue weighted by molar-refractivity contribution is 5.94. The molecule has 1 saturated carbocycles. The van der Waals surface area contributed by atoms with Crippen LogP contribution < -0.4 is 16.0 Å². The van der Waals surface area contributed by atoms with Crippen molar-refractivity contribution < 1.29 is 22.8 Å². The summed E-state index contributed by atoms with van der Waals surface area (Å²) in [6, 6.07) is 6.77. The summed E-state index contributed by atoms with van der Waals surface area (Å²) in [5.41, 5.74) is 0.285. The third-order valence-electron chi connectivity index (χ3n) is 7.13. The second-order valence-corrected chi connectivity index (χ2v) is 10.4. The minimum absolute atomic E-state index is 0.0291. The van der Waals surface area contributed by atoms with E-state index < -0.39 is 11.7 Å². The molecule has 4 rings (SSSR count). The normalized spacial score (nSPS) is 19.7. The molecule has 1 aromatic heterocycles. The van der Waals surface area contributed by atoms with Gasteiger partial charge in [0.2, 0.25) is 11.9 Å². The van der Waals surface area contributed by atoms with E-state index in [1.165, 1.54) is 6.92 Å². The van der Waals surface area contributed by atoms with Gasteiger partial charge in [-0.1, -0.05) is 19.8 Å². The molecule has 2 heterocycles. The van der Waals surface area contributed by atoms with Gasteiger partial charge in [-0.2, -0.15) is 18.2 Å². The van der Waals surface area contributed by atoms with Gasteiger partial charge in [-0.05, 0) is 57.0 Å². The van der Waals surface area contributed by atoms with E-state index in [0.717, 1.165) is 51.5 Å². The SMILES string of the molecule is CC1CCCCC1Nc1nc(Nc2ccc(C(=O)N3CCN(C)CC3)cc2)ncc1C(F)(F)F.CCNC(C)=O. The van der Waals surface area contributed by atoms with Crippen molar-refractivity contribution >= 4 is 29.3 Å². The number of aromatic nitrogens is 2. The largest absolute Gasteiger partial charge is 0.421 e. The molecule has 40 heavy (non-hydrogen) atoms. The molecule has 2 fully saturated rings. The lowest BCUT2D eigenvalue weighted by Gasteiger charge is -2.32. The molecule has 2 aliphatic rings. The van der Waals surface area contributed by atoms with Crippen LogP contribution in [0, 0.1) is 5.92 Å². The van der Waals surface area contributed by atoms with Crippen LogP contribution >= 0.6 is 0 Å². The van der Waals surface area contributed by atoms with Crippen LogP contribution in [-0.4, -0.2) is 77.4 Å². The Morgan fingerprint density at radius 2 is 1.70 bits per heavy atom. The van der Waals surface area contributed by atoms with Crippen molar-refractivity contribution in [1.29, 1.82) is 0 Å². The number of piperazine rings is 1. The zero-order valence-electron chi connectivity index (χ0n) is 23.6. The summed E-state index contributed by atoms with van der Waals surface area (Å²) >= 11 is 0. The minimum atomic E-state index is -4.55. The Balaban J connectivity index is 0.000000663. The highest BCUT2D eigenvalue weighted by Gasteiger charge is 2.36. The van der Waals surface area contributed by atoms with Crippen LogP contribution in [0.15, 0.2) is 30.5 Å². The number of halogens is 3. The van der Waals surface area contributed by atoms with Crippen LogP contribution in [0.1, 0.15) is 62.4 Å². The second-order valence-electron chi connectivity index (χ2n) is 10.4. The van der Waals surface area contributed by atoms with E-state index in [9.17, 15) is 22.8 Å². The second kappa shape index (κ2) is 14.3. The van der Waals surface area contributed by atoms with E-state index in [2.05, 4.69) is 37.7 Å². The monoisotopic (exact) mass is 563 g/mol. The zero-order valence-corrected chi connectivity index (χ0v) is 23.6. The van der Waals surface area contributed by atoms with Crippen molar-refractivity contribution in [3.05, 3.63) is 41.6 Å². The Morgan fingerprint density at radius 1 is 1.05 bits per heavy atom. The number of carbonyl (C=O) groups is 2. The number of nitrogens with one attached hydrogen (secondary N) is 3. The van der Waals surface area contributed by atoms with Gasteiger partial charge in [-0.15, -0.1) is 0 Å². The first-order valence-corrected chi connectivity index (χ1v) is 13.8. The molecule has 1 aromatic carbocycles. The van der Waals surface area contributed by atoms with Crippen LogP contribution in [0.3, 0.4) is 0 Å². The molecular formula is C28H40F3N7O2. The van der Waals surface area contributed by atoms with E-state index in [1.54, 1.807) is 24.3 Å². The molecule has 2 atom stereocenters. The van der Waals surface area contributed by atoms with Crippen LogP contribution in [0.25, 0.3) is 0 Å². The molecule has 1 saturated heterocycles. The smallest absolute Gasteiger partial charge is 0.366 e. The predicted octanol–water partition coefficient (Wildman–Crippen LogP) is 4.76. The van der Waals surface area contributed by atoms with Crippen LogP contribution in [-0.2, 0) is 11.0 Å². The summed E-state index contributed by atoms with van der Waals surface area (Å²) in [4.78, 5) is 34.7. The fraction of sp³-hybridized carbons (Fsp3) is 0.571. The summed E-state index contributed by atoms with van der Waals surface area (Å²) in [5.74, 6) is 0.144. The number of rotatable bonds is 6. The van der Waals surface area contributed by atoms with Crippen molar-refractivity contribution in [1.82, 2.24) is 25.1 Å². The summed E-state index contributed by atoms with van der Waals surface area (Å²) in [6.07, 6.45) is 0.136. The number of hydrogen-bond acceptors (Lipinski definition) is 7. The number of benzene rings is 1. The van der Waals surface area contributed by atoms with E-state index >= 15 is 0 Å². The zero-order chi connectivity index (χ0) is 29.3. The van der Waals surface area contributed by atoms with Crippen LogP contribution in [0.2, 0.25) is 0 Å². The standard InChI is InChI=1S/C24H31F3N6O.C4H9NO/c1-16-5-3-4-6-20(16)30-21-19(24(25,26)27)15-28-23(31-21)29-18-9-7-17(8-10-18)22(34)33-13-11-32(2)12-14-33;1-3-5-4(2)6/h7-10,15-16,20H,3-6,11-14H2,1-2H3,(H2,28,29,30,31);3H2,1-2H3,(H,5,6). The lowest BCUT2D eigenvalue weighted by Crippen LogP contribution is -2.47. The topological polar surface area (TPSA) is 102 Å². The maximum absolute atomic E-state index is 13.6. The van der Waals surface area contributed by atoms with Gasteiger partial charge in [0.25, 0.3) is 5.91 Å². The quantitative estimate of drug-likeness (QED) is 0.466. The van der Waals surface area contributed by atoms with Gasteiger partial charge in [0.1, 0.15) is 11.4 Å². The third kappa shape index (κ3) is 9.07. The van der Waals surface area contributed by atoms with Gasteiger partial charge in [0.05, 0.1) is 0 Å². The summed E-state index contributed by atoms with van der Waals surface area (Å²) < 4.78 is 40.7. The molecule has 3 N–H and O–H groups in total. The first-order valence-electron chi connectivity index (χ1n) is 13.8. The number of anilines is 3. The summed E-state index contributed by atoms with van der Waals surface area (Å²) in [7, 11) is 2.03. The van der Waals surface area contributed by atoms with Crippen LogP contribution in [0.4, 0.5) is 30.6 Å². The van der Waals surface area contributed by atoms with E-state index in [-0.39, 0.29) is 35.5 Å². The van der Waals surface area contributed by atoms with Gasteiger partial charge in [0.15, 0.2) is 0 Å². The molecule has 1 aliphatic carbocycles. The molecule has 2 amide bonds. The average Bonchev–Trinajstić information content (AvgIpc) is 2.90. The Bertz CT molecular complexity index is 1120. The predicted molar refractivity (Wildman–Crippen MR) is 150 cm³/mol. The lowest BCUT2D eigenvalue weighted by molar-refractivity contribution is -0.137. The minimum Gasteiger partial charge on any atom is -0.366 e. The van der Waals surface area contributed by atoms with Gasteiger partial charge in [-0.3, -0.25) is 9.59 Å². The Kier molecular flexibility index (Phi) is 11.1. The number of carbonyl (C=O) groups excluding carboxylic acids is 2. The molecule has 2 unspecified atom stereocenters. The lowest BCUT2D eigenvalue weighted by atomic mass is 9.86. The first-order chi connectivity index (χ1) is 19.0. The van der Waals surface area contributed by atoms with Gasteiger partial charge < -0.3 is 25.8 Å². The van der Waals surface area contributed by atoms with Crippen molar-refractivity contribution in [2.45, 2.75) is 58.7 Å². The summed E-state index contributed by atoms with van der Waals surface area (Å²) in [6.45, 7) is 9.23. The average molecular weight is 564 g/mol. The molecular weight excluding hydrogens is 523 g/mol. The molecule has 0 bridgehead atoms. The van der Waals surface area contributed by atoms with E-state index in [0.29, 0.717) is 24.3 Å². The molecule has 0 spiro atoms. The fourth-order valence-corrected chi connectivity index (χ4v) is 4.73. The fourth-order valence-electron chi connectivity index (χ4n) is 4.73. The molecule has 2 aromatic rings. The van der Waals surface area contributed by atoms with E-state index in [1.807, 2.05) is 18.9 Å². The number of hydrogen-bond donors (Lipinski definition) is 3. The van der Waals surface area contributed by atoms with Crippen molar-refractivity contribution in [2.24, 2.45) is 5.92 Å². The summed E-state index contributed by atoms with van der Waals surface area (Å²) in [5, 5.41) is 8.56. The van der Waals surface area contributed by atoms with E-state index in [4.69, 9.17) is 0 Å². The molecule has 0 radical (unpaired) electrons. The highest BCUT2D eigenvalue weighted by Crippen LogP contribution is 2.36. The number of amides is 2. The first kappa shape index (κ1) is 31.1.